The van der Waals surface area contributed by atoms with Gasteiger partial charge in [0.1, 0.15) is 5.82 Å². The first-order valence-electron chi connectivity index (χ1n) is 4.11. The van der Waals surface area contributed by atoms with Crippen molar-refractivity contribution in [2.45, 2.75) is 6.04 Å². The van der Waals surface area contributed by atoms with Crippen molar-refractivity contribution >= 4 is 17.7 Å². The van der Waals surface area contributed by atoms with Crippen molar-refractivity contribution in [3.05, 3.63) is 39.7 Å². The molecule has 2 rings (SSSR count). The fraction of sp³-hybridized carbons (Fsp3) is 0.111. The first-order chi connectivity index (χ1) is 7.09. The molecule has 0 spiro atoms. The van der Waals surface area contributed by atoms with Crippen LogP contribution in [0.25, 0.3) is 0 Å². The summed E-state index contributed by atoms with van der Waals surface area (Å²) in [5.74, 6) is -1.19. The molecular weight excluding hydrogens is 203 g/mol. The molecule has 0 aromatic heterocycles. The molecule has 1 unspecified atom stereocenters. The number of carbonyl (C=O) groups excluding carboxylic acids is 1. The Labute approximate surface area is 83.4 Å². The van der Waals surface area contributed by atoms with Crippen LogP contribution >= 0.6 is 0 Å². The highest BCUT2D eigenvalue weighted by Crippen LogP contribution is 2.25. The van der Waals surface area contributed by atoms with E-state index < -0.39 is 22.6 Å². The topological polar surface area (TPSA) is 72.6 Å². The second-order valence-corrected chi connectivity index (χ2v) is 3.03. The number of nitro groups is 1. The number of Topliss-reactive ketones (excluding diaryl/α,β-unsaturated/α-hetero) is 1. The fourth-order valence-electron chi connectivity index (χ4n) is 1.35. The molecule has 0 N–H and O–H groups in total. The van der Waals surface area contributed by atoms with Crippen molar-refractivity contribution in [2.24, 2.45) is 4.99 Å². The number of hydrogen-bond donors (Lipinski definition) is 0. The Morgan fingerprint density at radius 1 is 1.47 bits per heavy atom. The molecule has 76 valence electrons. The molecule has 15 heavy (non-hydrogen) atoms. The van der Waals surface area contributed by atoms with Gasteiger partial charge in [-0.05, 0) is 12.1 Å². The van der Waals surface area contributed by atoms with Crippen molar-refractivity contribution in [3.8, 4) is 0 Å². The lowest BCUT2D eigenvalue weighted by Crippen LogP contribution is -2.33. The lowest BCUT2D eigenvalue weighted by atomic mass is 10.0. The first kappa shape index (κ1) is 9.45. The van der Waals surface area contributed by atoms with Gasteiger partial charge in [-0.15, -0.1) is 0 Å². The number of halogens is 1. The van der Waals surface area contributed by atoms with Gasteiger partial charge in [0.05, 0.1) is 17.5 Å². The van der Waals surface area contributed by atoms with Crippen LogP contribution in [0.15, 0.2) is 23.2 Å². The Bertz CT molecular complexity index is 484. The zero-order chi connectivity index (χ0) is 11.0. The fourth-order valence-corrected chi connectivity index (χ4v) is 1.35. The third kappa shape index (κ3) is 1.50. The molecule has 0 bridgehead atoms. The van der Waals surface area contributed by atoms with Gasteiger partial charge in [0.25, 0.3) is 0 Å². The maximum Gasteiger partial charge on any atom is 0.309 e. The molecule has 0 saturated heterocycles. The number of ketones is 1. The average molecular weight is 208 g/mol. The Balaban J connectivity index is 2.51. The highest BCUT2D eigenvalue weighted by molar-refractivity contribution is 6.14. The van der Waals surface area contributed by atoms with Crippen LogP contribution in [0.3, 0.4) is 0 Å². The Morgan fingerprint density at radius 3 is 2.87 bits per heavy atom. The summed E-state index contributed by atoms with van der Waals surface area (Å²) in [6, 6.07) is 1.90. The molecule has 1 aliphatic rings. The highest BCUT2D eigenvalue weighted by atomic mass is 19.1. The van der Waals surface area contributed by atoms with E-state index >= 15 is 0 Å². The van der Waals surface area contributed by atoms with E-state index in [0.29, 0.717) is 0 Å². The van der Waals surface area contributed by atoms with Crippen molar-refractivity contribution < 1.29 is 14.1 Å². The second-order valence-electron chi connectivity index (χ2n) is 3.03. The van der Waals surface area contributed by atoms with E-state index in [-0.39, 0.29) is 11.3 Å². The maximum absolute atomic E-state index is 12.8. The van der Waals surface area contributed by atoms with E-state index in [2.05, 4.69) is 4.99 Å². The summed E-state index contributed by atoms with van der Waals surface area (Å²) in [7, 11) is 0. The third-order valence-electron chi connectivity index (χ3n) is 2.08. The number of nitrogens with zero attached hydrogens (tertiary/aromatic N) is 2. The van der Waals surface area contributed by atoms with Crippen molar-refractivity contribution in [2.75, 3.05) is 0 Å². The van der Waals surface area contributed by atoms with Gasteiger partial charge < -0.3 is 0 Å². The summed E-state index contributed by atoms with van der Waals surface area (Å²) in [4.78, 5) is 24.9. The summed E-state index contributed by atoms with van der Waals surface area (Å²) < 4.78 is 12.8. The van der Waals surface area contributed by atoms with Gasteiger partial charge in [-0.1, -0.05) is 0 Å². The van der Waals surface area contributed by atoms with E-state index in [4.69, 9.17) is 0 Å². The number of fused-ring (bicyclic) bond motifs is 1. The third-order valence-corrected chi connectivity index (χ3v) is 2.08. The quantitative estimate of drug-likeness (QED) is 0.516. The van der Waals surface area contributed by atoms with Gasteiger partial charge in [-0.25, -0.2) is 4.39 Å². The van der Waals surface area contributed by atoms with Gasteiger partial charge in [-0.2, -0.15) is 0 Å². The minimum absolute atomic E-state index is 0.0839. The summed E-state index contributed by atoms with van der Waals surface area (Å²) in [6.45, 7) is 0. The first-order valence-corrected chi connectivity index (χ1v) is 4.11. The van der Waals surface area contributed by atoms with E-state index in [9.17, 15) is 19.3 Å². The van der Waals surface area contributed by atoms with Crippen molar-refractivity contribution in [1.29, 1.82) is 0 Å². The van der Waals surface area contributed by atoms with E-state index in [1.54, 1.807) is 0 Å². The molecule has 0 aliphatic carbocycles. The molecule has 1 heterocycles. The number of hydrogen-bond acceptors (Lipinski definition) is 4. The molecule has 1 aromatic carbocycles. The van der Waals surface area contributed by atoms with Crippen LogP contribution in [0.1, 0.15) is 10.4 Å². The normalized spacial score (nSPS) is 18.7. The van der Waals surface area contributed by atoms with Crippen LogP contribution < -0.4 is 0 Å². The highest BCUT2D eigenvalue weighted by Gasteiger charge is 2.33. The number of benzene rings is 1. The summed E-state index contributed by atoms with van der Waals surface area (Å²) >= 11 is 0. The lowest BCUT2D eigenvalue weighted by Gasteiger charge is -2.11. The van der Waals surface area contributed by atoms with Crippen LogP contribution in [-0.2, 0) is 0 Å². The second kappa shape index (κ2) is 3.23. The SMILES string of the molecule is O=C1c2ccc(F)cc2N=CC1[N+](=O)[O-]. The predicted octanol–water partition coefficient (Wildman–Crippen LogP) is 1.37. The van der Waals surface area contributed by atoms with Crippen molar-refractivity contribution in [1.82, 2.24) is 0 Å². The molecule has 6 heteroatoms. The molecule has 0 amide bonds. The number of aliphatic imine (C=N–C) groups is 1. The molecule has 1 atom stereocenters. The molecule has 1 aliphatic heterocycles. The standard InChI is InChI=1S/C9H5FN2O3/c10-5-1-2-6-7(3-5)11-4-8(9(6)13)12(14)15/h1-4,8H. The van der Waals surface area contributed by atoms with Crippen molar-refractivity contribution in [3.63, 3.8) is 0 Å². The van der Waals surface area contributed by atoms with Crippen LogP contribution in [0.5, 0.6) is 0 Å². The predicted molar refractivity (Wildman–Crippen MR) is 49.7 cm³/mol. The van der Waals surface area contributed by atoms with Gasteiger partial charge in [0.15, 0.2) is 0 Å². The lowest BCUT2D eigenvalue weighted by molar-refractivity contribution is -0.485. The largest absolute Gasteiger partial charge is 0.309 e. The number of rotatable bonds is 1. The maximum atomic E-state index is 12.8. The Kier molecular flexibility index (Phi) is 2.03. The summed E-state index contributed by atoms with van der Waals surface area (Å²) in [5, 5.41) is 10.5. The van der Waals surface area contributed by atoms with Gasteiger partial charge in [0, 0.05) is 11.0 Å². The Hall–Kier alpha value is -2.11. The van der Waals surface area contributed by atoms with Gasteiger partial charge in [-0.3, -0.25) is 19.9 Å². The molecule has 1 aromatic rings. The van der Waals surface area contributed by atoms with Crippen LogP contribution in [0, 0.1) is 15.9 Å². The smallest absolute Gasteiger partial charge is 0.286 e. The molecule has 5 nitrogen and oxygen atoms in total. The zero-order valence-corrected chi connectivity index (χ0v) is 7.38. The van der Waals surface area contributed by atoms with Crippen LogP contribution in [-0.4, -0.2) is 23.0 Å². The monoisotopic (exact) mass is 208 g/mol. The van der Waals surface area contributed by atoms with Crippen LogP contribution in [0.2, 0.25) is 0 Å². The molecular formula is C9H5FN2O3. The Morgan fingerprint density at radius 2 is 2.20 bits per heavy atom. The summed E-state index contributed by atoms with van der Waals surface area (Å²) in [6.07, 6.45) is 0.921. The number of carbonyl (C=O) groups is 1. The van der Waals surface area contributed by atoms with Gasteiger partial charge in [0.2, 0.25) is 5.78 Å². The van der Waals surface area contributed by atoms with Crippen LogP contribution in [0.4, 0.5) is 10.1 Å². The zero-order valence-electron chi connectivity index (χ0n) is 7.38. The average Bonchev–Trinajstić information content (AvgIpc) is 2.17. The van der Waals surface area contributed by atoms with E-state index in [1.807, 2.05) is 0 Å². The minimum Gasteiger partial charge on any atom is -0.286 e. The molecule has 0 radical (unpaired) electrons. The van der Waals surface area contributed by atoms with Gasteiger partial charge >= 0.3 is 6.04 Å². The van der Waals surface area contributed by atoms with E-state index in [0.717, 1.165) is 18.3 Å². The molecule has 0 saturated carbocycles. The minimum atomic E-state index is -1.46. The molecule has 0 fully saturated rings. The summed E-state index contributed by atoms with van der Waals surface area (Å²) in [5.41, 5.74) is 0.221. The van der Waals surface area contributed by atoms with E-state index in [1.165, 1.54) is 6.07 Å².